The van der Waals surface area contributed by atoms with Gasteiger partial charge in [0.1, 0.15) is 36.8 Å². The van der Waals surface area contributed by atoms with Gasteiger partial charge < -0.3 is 34.3 Å². The van der Waals surface area contributed by atoms with E-state index in [1.165, 1.54) is 148 Å². The van der Waals surface area contributed by atoms with E-state index in [2.05, 4.69) is 13.8 Å². The summed E-state index contributed by atoms with van der Waals surface area (Å²) in [5.74, 6) is -1.97. The second kappa shape index (κ2) is 37.2. The van der Waals surface area contributed by atoms with Crippen molar-refractivity contribution in [1.29, 1.82) is 0 Å². The fourth-order valence-electron chi connectivity index (χ4n) is 7.68. The fourth-order valence-corrected chi connectivity index (χ4v) is 8.37. The Bertz CT molecular complexity index is 1110. The van der Waals surface area contributed by atoms with Crippen molar-refractivity contribution in [2.45, 2.75) is 263 Å². The van der Waals surface area contributed by atoms with Crippen LogP contribution in [0.25, 0.3) is 0 Å². The molecule has 1 aliphatic rings. The highest BCUT2D eigenvalue weighted by Gasteiger charge is 2.46. The van der Waals surface area contributed by atoms with Crippen molar-refractivity contribution in [3.63, 3.8) is 0 Å². The zero-order valence-corrected chi connectivity index (χ0v) is 38.2. The maximum Gasteiger partial charge on any atom is 0.306 e. The van der Waals surface area contributed by atoms with E-state index in [4.69, 9.17) is 18.9 Å². The van der Waals surface area contributed by atoms with Crippen LogP contribution in [0.4, 0.5) is 0 Å². The van der Waals surface area contributed by atoms with Crippen LogP contribution in [0, 0.1) is 0 Å². The van der Waals surface area contributed by atoms with Gasteiger partial charge in [-0.1, -0.05) is 200 Å². The van der Waals surface area contributed by atoms with E-state index in [0.29, 0.717) is 12.8 Å². The number of aliphatic hydroxyl groups excluding tert-OH is 3. The van der Waals surface area contributed by atoms with Crippen LogP contribution in [0.2, 0.25) is 0 Å². The number of unbranched alkanes of at least 4 members (excludes halogenated alkanes) is 29. The fraction of sp³-hybridized carbons (Fsp3) is 0.957. The lowest BCUT2D eigenvalue weighted by molar-refractivity contribution is -0.297. The lowest BCUT2D eigenvalue weighted by atomic mass is 10.00. The van der Waals surface area contributed by atoms with Crippen LogP contribution in [0.1, 0.15) is 226 Å². The highest BCUT2D eigenvalue weighted by molar-refractivity contribution is 7.85. The highest BCUT2D eigenvalue weighted by atomic mass is 32.2. The van der Waals surface area contributed by atoms with Crippen molar-refractivity contribution in [1.82, 2.24) is 0 Å². The number of carbonyl (C=O) groups is 2. The molecule has 0 aromatic carbocycles. The molecule has 0 saturated carbocycles. The minimum Gasteiger partial charge on any atom is -0.462 e. The summed E-state index contributed by atoms with van der Waals surface area (Å²) in [6.07, 6.45) is 29.0. The average Bonchev–Trinajstić information content (AvgIpc) is 3.20. The Kier molecular flexibility index (Phi) is 35.1. The van der Waals surface area contributed by atoms with E-state index in [0.717, 1.165) is 38.5 Å². The first-order valence-electron chi connectivity index (χ1n) is 24.1. The Balaban J connectivity index is 2.26. The van der Waals surface area contributed by atoms with Crippen molar-refractivity contribution in [2.75, 3.05) is 19.0 Å². The Morgan fingerprint density at radius 1 is 0.508 bits per heavy atom. The van der Waals surface area contributed by atoms with Gasteiger partial charge in [0.05, 0.1) is 6.61 Å². The number of esters is 2. The quantitative estimate of drug-likeness (QED) is 0.0259. The lowest BCUT2D eigenvalue weighted by Crippen LogP contribution is -2.60. The molecule has 4 N–H and O–H groups in total. The molecule has 0 bridgehead atoms. The number of hydrogen-bond acceptors (Lipinski definition) is 11. The van der Waals surface area contributed by atoms with Gasteiger partial charge >= 0.3 is 11.9 Å². The maximum absolute atomic E-state index is 12.7. The molecule has 13 heteroatoms. The molecule has 1 saturated heterocycles. The third-order valence-corrected chi connectivity index (χ3v) is 12.2. The van der Waals surface area contributed by atoms with Crippen LogP contribution in [0.15, 0.2) is 0 Å². The van der Waals surface area contributed by atoms with Crippen molar-refractivity contribution in [3.8, 4) is 0 Å². The second-order valence-corrected chi connectivity index (χ2v) is 18.6. The van der Waals surface area contributed by atoms with Gasteiger partial charge in [-0.25, -0.2) is 0 Å². The molecule has 2 unspecified atom stereocenters. The number of rotatable bonds is 41. The van der Waals surface area contributed by atoms with Crippen molar-refractivity contribution in [2.24, 2.45) is 0 Å². The van der Waals surface area contributed by atoms with Crippen LogP contribution >= 0.6 is 0 Å². The van der Waals surface area contributed by atoms with Gasteiger partial charge in [0.25, 0.3) is 10.1 Å². The molecule has 0 aliphatic carbocycles. The van der Waals surface area contributed by atoms with Gasteiger partial charge in [0.15, 0.2) is 12.4 Å². The summed E-state index contributed by atoms with van der Waals surface area (Å²) in [7, 11) is -4.59. The molecule has 0 amide bonds. The minimum atomic E-state index is -4.59. The average molecular weight is 865 g/mol. The minimum absolute atomic E-state index is 0.169. The van der Waals surface area contributed by atoms with Crippen LogP contribution < -0.4 is 0 Å². The third kappa shape index (κ3) is 32.1. The van der Waals surface area contributed by atoms with Gasteiger partial charge in [-0.3, -0.25) is 14.1 Å². The Labute approximate surface area is 359 Å². The van der Waals surface area contributed by atoms with Gasteiger partial charge in [-0.05, 0) is 12.8 Å². The predicted octanol–water partition coefficient (Wildman–Crippen LogP) is 10.1. The second-order valence-electron chi connectivity index (χ2n) is 17.1. The first-order valence-corrected chi connectivity index (χ1v) is 25.7. The number of carbonyl (C=O) groups excluding carboxylic acids is 2. The van der Waals surface area contributed by atoms with E-state index < -0.39 is 71.2 Å². The van der Waals surface area contributed by atoms with E-state index in [9.17, 15) is 37.9 Å². The molecule has 6 atom stereocenters. The number of aliphatic hydroxyl groups is 3. The number of ether oxygens (including phenoxy) is 4. The van der Waals surface area contributed by atoms with Crippen LogP contribution in [-0.2, 0) is 38.7 Å². The van der Waals surface area contributed by atoms with Gasteiger partial charge in [0.2, 0.25) is 0 Å². The molecular formula is C46H88O12S. The molecule has 0 aromatic rings. The molecule has 1 fully saturated rings. The van der Waals surface area contributed by atoms with Crippen molar-refractivity contribution in [3.05, 3.63) is 0 Å². The van der Waals surface area contributed by atoms with E-state index in [1.54, 1.807) is 0 Å². The van der Waals surface area contributed by atoms with Gasteiger partial charge in [-0.2, -0.15) is 8.42 Å². The largest absolute Gasteiger partial charge is 0.462 e. The summed E-state index contributed by atoms with van der Waals surface area (Å²) in [6.45, 7) is 3.74. The molecule has 0 radical (unpaired) electrons. The summed E-state index contributed by atoms with van der Waals surface area (Å²) in [5.41, 5.74) is 0. The summed E-state index contributed by atoms with van der Waals surface area (Å²) in [5, 5.41) is 30.8. The zero-order valence-electron chi connectivity index (χ0n) is 37.4. The first kappa shape index (κ1) is 55.7. The molecular weight excluding hydrogens is 777 g/mol. The predicted molar refractivity (Wildman–Crippen MR) is 234 cm³/mol. The van der Waals surface area contributed by atoms with Crippen LogP contribution in [0.3, 0.4) is 0 Å². The van der Waals surface area contributed by atoms with Gasteiger partial charge in [-0.15, -0.1) is 0 Å². The summed E-state index contributed by atoms with van der Waals surface area (Å²) < 4.78 is 53.9. The van der Waals surface area contributed by atoms with Crippen molar-refractivity contribution >= 4 is 22.1 Å². The smallest absolute Gasteiger partial charge is 0.306 e. The molecule has 1 aliphatic heterocycles. The third-order valence-electron chi connectivity index (χ3n) is 11.4. The van der Waals surface area contributed by atoms with Crippen molar-refractivity contribution < 1.29 is 56.8 Å². The molecule has 12 nitrogen and oxygen atoms in total. The molecule has 350 valence electrons. The Morgan fingerprint density at radius 2 is 0.864 bits per heavy atom. The standard InChI is InChI=1S/C46H88O12S/c1-3-5-7-9-11-13-14-15-16-17-18-19-20-21-22-23-24-25-26-27-29-30-32-34-41(47)55-36-39(57-42(48)35-33-31-28-12-10-8-6-4-2)37-56-46-45(51)44(50)43(49)40(58-46)38-59(52,53)54/h39-40,43-46,49-51H,3-38H2,1-2H3,(H,52,53,54)/t39-,40-,43-,44?,45?,46+/m1/s1. The normalized spacial score (nSPS) is 20.1. The van der Waals surface area contributed by atoms with E-state index in [-0.39, 0.29) is 19.4 Å². The SMILES string of the molecule is CCCCCCCCCCCCCCCCCCCCCCCCCC(=O)OC[C@H](CO[C@H]1O[C@H](CS(=O)(=O)O)[C@@H](O)C(O)C1O)OC(=O)CCCCCCCCCC. The first-order chi connectivity index (χ1) is 28.5. The molecule has 1 rings (SSSR count). The Hall–Kier alpha value is -1.35. The molecule has 0 spiro atoms. The summed E-state index contributed by atoms with van der Waals surface area (Å²) in [6, 6.07) is 0. The van der Waals surface area contributed by atoms with E-state index >= 15 is 0 Å². The summed E-state index contributed by atoms with van der Waals surface area (Å²) >= 11 is 0. The van der Waals surface area contributed by atoms with Crippen LogP contribution in [0.5, 0.6) is 0 Å². The number of hydrogen-bond donors (Lipinski definition) is 4. The van der Waals surface area contributed by atoms with Gasteiger partial charge in [0, 0.05) is 12.8 Å². The molecule has 1 heterocycles. The molecule has 59 heavy (non-hydrogen) atoms. The van der Waals surface area contributed by atoms with E-state index in [1.807, 2.05) is 0 Å². The Morgan fingerprint density at radius 3 is 1.24 bits per heavy atom. The lowest BCUT2D eigenvalue weighted by Gasteiger charge is -2.40. The maximum atomic E-state index is 12.7. The summed E-state index contributed by atoms with van der Waals surface area (Å²) in [4.78, 5) is 25.3. The monoisotopic (exact) mass is 865 g/mol. The zero-order chi connectivity index (χ0) is 43.4. The highest BCUT2D eigenvalue weighted by Crippen LogP contribution is 2.24. The topological polar surface area (TPSA) is 186 Å². The van der Waals surface area contributed by atoms with Crippen LogP contribution in [-0.4, -0.2) is 96.0 Å². The molecule has 0 aromatic heterocycles.